The third-order valence-corrected chi connectivity index (χ3v) is 4.04. The molecule has 0 saturated carbocycles. The number of fused-ring (bicyclic) bond motifs is 2. The summed E-state index contributed by atoms with van der Waals surface area (Å²) in [5, 5.41) is 9.30. The van der Waals surface area contributed by atoms with E-state index in [0.717, 1.165) is 22.0 Å². The number of anilines is 1. The average molecular weight is 347 g/mol. The molecule has 0 fully saturated rings. The number of ether oxygens (including phenoxy) is 2. The van der Waals surface area contributed by atoms with Crippen LogP contribution in [0.15, 0.2) is 65.8 Å². The highest BCUT2D eigenvalue weighted by atomic mass is 16.7. The normalized spacial score (nSPS) is 12.5. The molecule has 6 nitrogen and oxygen atoms in total. The number of carbonyl (C=O) groups excluding carboxylic acids is 1. The Morgan fingerprint density at radius 1 is 1.04 bits per heavy atom. The van der Waals surface area contributed by atoms with Crippen molar-refractivity contribution in [3.05, 3.63) is 66.2 Å². The predicted octanol–water partition coefficient (Wildman–Crippen LogP) is 3.13. The van der Waals surface area contributed by atoms with Gasteiger partial charge in [-0.1, -0.05) is 42.5 Å². The maximum Gasteiger partial charge on any atom is 0.259 e. The first-order valence-electron chi connectivity index (χ1n) is 8.23. The molecule has 1 heterocycles. The van der Waals surface area contributed by atoms with Crippen molar-refractivity contribution in [1.82, 2.24) is 5.43 Å². The molecule has 0 aliphatic carbocycles. The molecule has 3 aromatic rings. The third kappa shape index (κ3) is 3.44. The van der Waals surface area contributed by atoms with Gasteiger partial charge >= 0.3 is 0 Å². The number of hydrogen-bond donors (Lipinski definition) is 2. The van der Waals surface area contributed by atoms with E-state index >= 15 is 0 Å². The Labute approximate surface area is 150 Å². The average Bonchev–Trinajstić information content (AvgIpc) is 3.14. The fourth-order valence-electron chi connectivity index (χ4n) is 2.77. The SMILES string of the molecule is O=C(CNc1ccc2c(c1)OCO2)N/N=C/c1cccc2ccccc12. The van der Waals surface area contributed by atoms with Crippen molar-refractivity contribution in [3.8, 4) is 11.5 Å². The summed E-state index contributed by atoms with van der Waals surface area (Å²) in [4.78, 5) is 12.0. The Morgan fingerprint density at radius 2 is 1.88 bits per heavy atom. The highest BCUT2D eigenvalue weighted by Gasteiger charge is 2.13. The Morgan fingerprint density at radius 3 is 2.85 bits per heavy atom. The second-order valence-electron chi connectivity index (χ2n) is 5.78. The zero-order valence-electron chi connectivity index (χ0n) is 13.9. The van der Waals surface area contributed by atoms with Crippen LogP contribution in [0, 0.1) is 0 Å². The Bertz CT molecular complexity index is 980. The summed E-state index contributed by atoms with van der Waals surface area (Å²) in [5.74, 6) is 1.14. The van der Waals surface area contributed by atoms with Crippen LogP contribution in [0.5, 0.6) is 11.5 Å². The van der Waals surface area contributed by atoms with Gasteiger partial charge in [-0.15, -0.1) is 0 Å². The molecule has 2 N–H and O–H groups in total. The van der Waals surface area contributed by atoms with Crippen LogP contribution < -0.4 is 20.2 Å². The molecular formula is C20H17N3O3. The first kappa shape index (κ1) is 16.0. The number of hydrazone groups is 1. The van der Waals surface area contributed by atoms with E-state index < -0.39 is 0 Å². The zero-order valence-corrected chi connectivity index (χ0v) is 13.9. The summed E-state index contributed by atoms with van der Waals surface area (Å²) >= 11 is 0. The number of benzene rings is 3. The first-order valence-corrected chi connectivity index (χ1v) is 8.23. The number of carbonyl (C=O) groups is 1. The molecule has 6 heteroatoms. The molecule has 3 aromatic carbocycles. The summed E-state index contributed by atoms with van der Waals surface area (Å²) in [7, 11) is 0. The van der Waals surface area contributed by atoms with Crippen molar-refractivity contribution in [1.29, 1.82) is 0 Å². The van der Waals surface area contributed by atoms with Gasteiger partial charge in [-0.3, -0.25) is 4.79 Å². The van der Waals surface area contributed by atoms with E-state index in [0.29, 0.717) is 11.5 Å². The largest absolute Gasteiger partial charge is 0.454 e. The van der Waals surface area contributed by atoms with Crippen molar-refractivity contribution < 1.29 is 14.3 Å². The fourth-order valence-corrected chi connectivity index (χ4v) is 2.77. The minimum absolute atomic E-state index is 0.104. The van der Waals surface area contributed by atoms with E-state index in [4.69, 9.17) is 9.47 Å². The first-order chi connectivity index (χ1) is 12.8. The quantitative estimate of drug-likeness (QED) is 0.549. The molecule has 1 aliphatic heterocycles. The van der Waals surface area contributed by atoms with Gasteiger partial charge in [0.1, 0.15) is 0 Å². The number of hydrogen-bond acceptors (Lipinski definition) is 5. The minimum atomic E-state index is -0.237. The lowest BCUT2D eigenvalue weighted by Crippen LogP contribution is -2.25. The van der Waals surface area contributed by atoms with Crippen molar-refractivity contribution in [2.75, 3.05) is 18.7 Å². The Kier molecular flexibility index (Phi) is 4.38. The van der Waals surface area contributed by atoms with Gasteiger partial charge in [0.15, 0.2) is 11.5 Å². The van der Waals surface area contributed by atoms with Gasteiger partial charge in [0.05, 0.1) is 12.8 Å². The van der Waals surface area contributed by atoms with Gasteiger partial charge in [0.2, 0.25) is 6.79 Å². The lowest BCUT2D eigenvalue weighted by Gasteiger charge is -2.06. The fraction of sp³-hybridized carbons (Fsp3) is 0.100. The van der Waals surface area contributed by atoms with E-state index in [-0.39, 0.29) is 19.2 Å². The maximum atomic E-state index is 12.0. The van der Waals surface area contributed by atoms with Crippen LogP contribution in [-0.4, -0.2) is 25.5 Å². The molecule has 0 spiro atoms. The van der Waals surface area contributed by atoms with E-state index in [1.165, 1.54) is 0 Å². The molecule has 0 radical (unpaired) electrons. The highest BCUT2D eigenvalue weighted by molar-refractivity contribution is 6.00. The summed E-state index contributed by atoms with van der Waals surface area (Å²) in [6.07, 6.45) is 1.65. The van der Waals surface area contributed by atoms with E-state index in [2.05, 4.69) is 15.8 Å². The second kappa shape index (κ2) is 7.14. The van der Waals surface area contributed by atoms with Crippen molar-refractivity contribution >= 4 is 28.6 Å². The number of amides is 1. The summed E-state index contributed by atoms with van der Waals surface area (Å²) in [5.41, 5.74) is 4.26. The van der Waals surface area contributed by atoms with Gasteiger partial charge in [0.25, 0.3) is 5.91 Å². The van der Waals surface area contributed by atoms with Crippen LogP contribution in [0.25, 0.3) is 10.8 Å². The molecule has 0 atom stereocenters. The van der Waals surface area contributed by atoms with Crippen LogP contribution in [0.2, 0.25) is 0 Å². The van der Waals surface area contributed by atoms with Crippen LogP contribution in [0.4, 0.5) is 5.69 Å². The van der Waals surface area contributed by atoms with Crippen LogP contribution in [0.1, 0.15) is 5.56 Å². The number of rotatable bonds is 5. The Hall–Kier alpha value is -3.54. The smallest absolute Gasteiger partial charge is 0.259 e. The molecule has 0 unspecified atom stereocenters. The molecule has 0 aromatic heterocycles. The molecule has 130 valence electrons. The summed E-state index contributed by atoms with van der Waals surface area (Å²) < 4.78 is 10.6. The van der Waals surface area contributed by atoms with E-state index in [1.54, 1.807) is 18.3 Å². The van der Waals surface area contributed by atoms with Crippen molar-refractivity contribution in [2.24, 2.45) is 5.10 Å². The standard InChI is InChI=1S/C20H17N3O3/c24-20(12-21-16-8-9-18-19(10-16)26-13-25-18)23-22-11-15-6-3-5-14-4-1-2-7-17(14)15/h1-11,21H,12-13H2,(H,23,24)/b22-11+. The molecule has 4 rings (SSSR count). The zero-order chi connectivity index (χ0) is 17.8. The van der Waals surface area contributed by atoms with Gasteiger partial charge in [-0.25, -0.2) is 5.43 Å². The van der Waals surface area contributed by atoms with Crippen LogP contribution in [-0.2, 0) is 4.79 Å². The monoisotopic (exact) mass is 347 g/mol. The third-order valence-electron chi connectivity index (χ3n) is 4.04. The molecule has 1 aliphatic rings. The lowest BCUT2D eigenvalue weighted by molar-refractivity contribution is -0.119. The van der Waals surface area contributed by atoms with Crippen LogP contribution >= 0.6 is 0 Å². The molecule has 0 saturated heterocycles. The van der Waals surface area contributed by atoms with E-state index in [9.17, 15) is 4.79 Å². The van der Waals surface area contributed by atoms with Crippen molar-refractivity contribution in [2.45, 2.75) is 0 Å². The van der Waals surface area contributed by atoms with Crippen LogP contribution in [0.3, 0.4) is 0 Å². The molecule has 1 amide bonds. The Balaban J connectivity index is 1.34. The predicted molar refractivity (Wildman–Crippen MR) is 101 cm³/mol. The van der Waals surface area contributed by atoms with Crippen molar-refractivity contribution in [3.63, 3.8) is 0 Å². The molecule has 0 bridgehead atoms. The number of nitrogens with one attached hydrogen (secondary N) is 2. The lowest BCUT2D eigenvalue weighted by atomic mass is 10.1. The molecule has 26 heavy (non-hydrogen) atoms. The summed E-state index contributed by atoms with van der Waals surface area (Å²) in [6.45, 7) is 0.328. The number of nitrogens with zero attached hydrogens (tertiary/aromatic N) is 1. The van der Waals surface area contributed by atoms with Gasteiger partial charge in [0, 0.05) is 17.3 Å². The van der Waals surface area contributed by atoms with Gasteiger partial charge in [-0.2, -0.15) is 5.10 Å². The van der Waals surface area contributed by atoms with E-state index in [1.807, 2.05) is 48.5 Å². The second-order valence-corrected chi connectivity index (χ2v) is 5.78. The van der Waals surface area contributed by atoms with Gasteiger partial charge in [-0.05, 0) is 22.9 Å². The minimum Gasteiger partial charge on any atom is -0.454 e. The molecular weight excluding hydrogens is 330 g/mol. The maximum absolute atomic E-state index is 12.0. The topological polar surface area (TPSA) is 72.0 Å². The summed E-state index contributed by atoms with van der Waals surface area (Å²) in [6, 6.07) is 19.5. The van der Waals surface area contributed by atoms with Gasteiger partial charge < -0.3 is 14.8 Å². The highest BCUT2D eigenvalue weighted by Crippen LogP contribution is 2.34.